The van der Waals surface area contributed by atoms with Crippen molar-refractivity contribution < 1.29 is 28.4 Å². The maximum Gasteiger partial charge on any atom is 0.349 e. The van der Waals surface area contributed by atoms with Crippen molar-refractivity contribution in [3.63, 3.8) is 0 Å². The van der Waals surface area contributed by atoms with Crippen LogP contribution >= 0.6 is 0 Å². The first-order valence-corrected chi connectivity index (χ1v) is 12.6. The van der Waals surface area contributed by atoms with Crippen LogP contribution in [0.15, 0.2) is 21.3 Å². The number of anilines is 1. The molecule has 36 heavy (non-hydrogen) atoms. The van der Waals surface area contributed by atoms with Crippen LogP contribution < -0.4 is 15.8 Å². The zero-order chi connectivity index (χ0) is 25.2. The third kappa shape index (κ3) is 4.72. The van der Waals surface area contributed by atoms with Gasteiger partial charge in [0.05, 0.1) is 0 Å². The van der Waals surface area contributed by atoms with E-state index in [9.17, 15) is 24.0 Å². The Morgan fingerprint density at radius 1 is 0.944 bits per heavy atom. The number of nitrogens with zero attached hydrogens (tertiary/aromatic N) is 2. The van der Waals surface area contributed by atoms with E-state index in [1.54, 1.807) is 6.07 Å². The molecule has 0 aliphatic carbocycles. The smallest absolute Gasteiger partial charge is 0.349 e. The Labute approximate surface area is 207 Å². The van der Waals surface area contributed by atoms with Gasteiger partial charge in [0, 0.05) is 55.5 Å². The van der Waals surface area contributed by atoms with Crippen molar-refractivity contribution >= 4 is 40.3 Å². The van der Waals surface area contributed by atoms with Gasteiger partial charge in [0.1, 0.15) is 11.1 Å². The summed E-state index contributed by atoms with van der Waals surface area (Å²) < 4.78 is 5.68. The second-order valence-corrected chi connectivity index (χ2v) is 9.53. The number of carbonyl (C=O) groups is 4. The largest absolute Gasteiger partial charge is 0.422 e. The van der Waals surface area contributed by atoms with Crippen LogP contribution in [-0.2, 0) is 32.1 Å². The summed E-state index contributed by atoms with van der Waals surface area (Å²) in [4.78, 5) is 67.3. The first-order chi connectivity index (χ1) is 17.4. The summed E-state index contributed by atoms with van der Waals surface area (Å²) in [6.07, 6.45) is 5.82. The Hall–Kier alpha value is -3.69. The molecule has 1 saturated heterocycles. The molecule has 1 aromatic carbocycles. The SMILES string of the molecule is O=C(CCCCCNC(=O)c1cc2cc3c4c(c2oc1=O)CCCN4CCC3)ON1C(=O)CCC1=O. The van der Waals surface area contributed by atoms with Gasteiger partial charge in [0.15, 0.2) is 0 Å². The van der Waals surface area contributed by atoms with E-state index in [1.165, 1.54) is 11.3 Å². The highest BCUT2D eigenvalue weighted by Crippen LogP contribution is 2.39. The summed E-state index contributed by atoms with van der Waals surface area (Å²) in [5.74, 6) is -2.13. The van der Waals surface area contributed by atoms with Crippen LogP contribution in [-0.4, -0.2) is 48.4 Å². The normalized spacial score (nSPS) is 16.9. The lowest BCUT2D eigenvalue weighted by Crippen LogP contribution is -2.34. The minimum Gasteiger partial charge on any atom is -0.422 e. The average Bonchev–Trinajstić information content (AvgIpc) is 3.18. The predicted octanol–water partition coefficient (Wildman–Crippen LogP) is 2.39. The van der Waals surface area contributed by atoms with Crippen molar-refractivity contribution in [2.24, 2.45) is 0 Å². The van der Waals surface area contributed by atoms with Gasteiger partial charge in [0.25, 0.3) is 17.7 Å². The molecule has 1 N–H and O–H groups in total. The van der Waals surface area contributed by atoms with Crippen molar-refractivity contribution in [3.05, 3.63) is 39.2 Å². The summed E-state index contributed by atoms with van der Waals surface area (Å²) in [6.45, 7) is 2.38. The van der Waals surface area contributed by atoms with Gasteiger partial charge in [-0.25, -0.2) is 9.59 Å². The molecule has 10 nitrogen and oxygen atoms in total. The lowest BCUT2D eigenvalue weighted by atomic mass is 9.90. The highest BCUT2D eigenvalue weighted by atomic mass is 16.7. The molecule has 1 fully saturated rings. The van der Waals surface area contributed by atoms with Crippen molar-refractivity contribution in [1.29, 1.82) is 0 Å². The topological polar surface area (TPSA) is 126 Å². The van der Waals surface area contributed by atoms with Crippen LogP contribution in [0, 0.1) is 0 Å². The number of fused-ring (bicyclic) bond motifs is 2. The number of unbranched alkanes of at least 4 members (excludes halogenated alkanes) is 2. The zero-order valence-electron chi connectivity index (χ0n) is 20.1. The molecule has 5 rings (SSSR count). The van der Waals surface area contributed by atoms with Gasteiger partial charge >= 0.3 is 11.6 Å². The predicted molar refractivity (Wildman–Crippen MR) is 129 cm³/mol. The molecule has 3 aliphatic heterocycles. The molecule has 0 bridgehead atoms. The maximum absolute atomic E-state index is 12.7. The highest BCUT2D eigenvalue weighted by molar-refractivity contribution is 6.01. The van der Waals surface area contributed by atoms with Gasteiger partial charge in [-0.05, 0) is 56.2 Å². The molecule has 1 aromatic heterocycles. The molecule has 2 aromatic rings. The Morgan fingerprint density at radius 2 is 1.69 bits per heavy atom. The molecule has 190 valence electrons. The molecule has 4 heterocycles. The lowest BCUT2D eigenvalue weighted by molar-refractivity contribution is -0.197. The molecule has 0 unspecified atom stereocenters. The number of hydrogen-bond acceptors (Lipinski definition) is 8. The fourth-order valence-electron chi connectivity index (χ4n) is 5.28. The van der Waals surface area contributed by atoms with Crippen LogP contribution in [0.2, 0.25) is 0 Å². The lowest BCUT2D eigenvalue weighted by Gasteiger charge is -2.37. The second-order valence-electron chi connectivity index (χ2n) is 9.53. The van der Waals surface area contributed by atoms with Crippen LogP contribution in [0.3, 0.4) is 0 Å². The first-order valence-electron chi connectivity index (χ1n) is 12.6. The number of benzene rings is 1. The van der Waals surface area contributed by atoms with Gasteiger partial charge in [0.2, 0.25) is 0 Å². The van der Waals surface area contributed by atoms with Crippen LogP contribution in [0.5, 0.6) is 0 Å². The summed E-state index contributed by atoms with van der Waals surface area (Å²) in [7, 11) is 0. The van der Waals surface area contributed by atoms with E-state index in [-0.39, 0.29) is 24.8 Å². The third-order valence-corrected chi connectivity index (χ3v) is 7.00. The molecule has 10 heteroatoms. The monoisotopic (exact) mass is 495 g/mol. The van der Waals surface area contributed by atoms with E-state index in [1.807, 2.05) is 6.07 Å². The van der Waals surface area contributed by atoms with Gasteiger partial charge in [-0.3, -0.25) is 14.4 Å². The van der Waals surface area contributed by atoms with Crippen LogP contribution in [0.1, 0.15) is 72.9 Å². The summed E-state index contributed by atoms with van der Waals surface area (Å²) in [5, 5.41) is 4.07. The van der Waals surface area contributed by atoms with E-state index < -0.39 is 29.3 Å². The third-order valence-electron chi connectivity index (χ3n) is 7.00. The van der Waals surface area contributed by atoms with Gasteiger partial charge in [-0.2, -0.15) is 0 Å². The van der Waals surface area contributed by atoms with E-state index in [0.29, 0.717) is 36.5 Å². The zero-order valence-corrected chi connectivity index (χ0v) is 20.1. The number of carbonyl (C=O) groups excluding carboxylic acids is 4. The minimum atomic E-state index is -0.641. The van der Waals surface area contributed by atoms with Gasteiger partial charge in [-0.15, -0.1) is 5.06 Å². The number of hydrogen-bond donors (Lipinski definition) is 1. The molecule has 0 atom stereocenters. The summed E-state index contributed by atoms with van der Waals surface area (Å²) in [5.41, 5.74) is 3.48. The standard InChI is InChI=1S/C26H29N3O7/c30-20-9-10-21(31)29(20)36-22(32)8-2-1-3-11-27-25(33)19-15-17-14-16-6-4-12-28-13-5-7-18(23(16)28)24(17)35-26(19)34/h14-15H,1-13H2,(H,27,33). The average molecular weight is 496 g/mol. The number of hydroxylamine groups is 2. The molecule has 3 amide bonds. The van der Waals surface area contributed by atoms with Crippen LogP contribution in [0.25, 0.3) is 11.0 Å². The molecule has 0 saturated carbocycles. The molecular weight excluding hydrogens is 466 g/mol. The van der Waals surface area contributed by atoms with Crippen molar-refractivity contribution in [1.82, 2.24) is 10.4 Å². The van der Waals surface area contributed by atoms with Crippen molar-refractivity contribution in [3.8, 4) is 0 Å². The van der Waals surface area contributed by atoms with E-state index in [4.69, 9.17) is 9.25 Å². The van der Waals surface area contributed by atoms with Gasteiger partial charge in [-0.1, -0.05) is 6.42 Å². The Bertz CT molecular complexity index is 1280. The number of nitrogens with one attached hydrogen (secondary N) is 1. The fraction of sp³-hybridized carbons (Fsp3) is 0.500. The molecule has 0 spiro atoms. The van der Waals surface area contributed by atoms with E-state index >= 15 is 0 Å². The number of aryl methyl sites for hydroxylation is 2. The molecule has 0 radical (unpaired) electrons. The highest BCUT2D eigenvalue weighted by Gasteiger charge is 2.32. The molecule has 3 aliphatic rings. The number of rotatable bonds is 8. The maximum atomic E-state index is 12.7. The Kier molecular flexibility index (Phi) is 6.75. The van der Waals surface area contributed by atoms with Crippen molar-refractivity contribution in [2.75, 3.05) is 24.5 Å². The Morgan fingerprint density at radius 3 is 2.47 bits per heavy atom. The number of amides is 3. The fourth-order valence-corrected chi connectivity index (χ4v) is 5.28. The van der Waals surface area contributed by atoms with Crippen LogP contribution in [0.4, 0.5) is 5.69 Å². The van der Waals surface area contributed by atoms with Crippen molar-refractivity contribution in [2.45, 2.75) is 64.2 Å². The quantitative estimate of drug-likeness (QED) is 0.336. The Balaban J connectivity index is 1.14. The van der Waals surface area contributed by atoms with E-state index in [2.05, 4.69) is 10.2 Å². The minimum absolute atomic E-state index is 0.0124. The summed E-state index contributed by atoms with van der Waals surface area (Å²) in [6, 6.07) is 3.69. The van der Waals surface area contributed by atoms with Gasteiger partial charge < -0.3 is 19.5 Å². The van der Waals surface area contributed by atoms with E-state index in [0.717, 1.165) is 49.7 Å². The molecular formula is C26H29N3O7. The first kappa shape index (κ1) is 24.0. The number of imide groups is 1. The summed E-state index contributed by atoms with van der Waals surface area (Å²) >= 11 is 0. The second kappa shape index (κ2) is 10.1.